The van der Waals surface area contributed by atoms with Crippen LogP contribution in [-0.4, -0.2) is 113 Å². The van der Waals surface area contributed by atoms with Crippen LogP contribution in [-0.2, 0) is 14.3 Å². The minimum Gasteiger partial charge on any atom is -0.388 e. The molecule has 9 nitrogen and oxygen atoms in total. The van der Waals surface area contributed by atoms with Crippen LogP contribution in [0.4, 0.5) is 0 Å². The maximum atomic E-state index is 13.7. The van der Waals surface area contributed by atoms with Gasteiger partial charge < -0.3 is 40.3 Å². The molecule has 4 saturated heterocycles. The Kier molecular flexibility index (Phi) is 10.3. The zero-order valence-electron chi connectivity index (χ0n) is 23.5. The predicted octanol–water partition coefficient (Wildman–Crippen LogP) is 1.11. The van der Waals surface area contributed by atoms with Crippen molar-refractivity contribution in [2.75, 3.05) is 38.5 Å². The zero-order valence-corrected chi connectivity index (χ0v) is 24.3. The molecule has 5 aliphatic heterocycles. The van der Waals surface area contributed by atoms with Crippen molar-refractivity contribution >= 4 is 17.7 Å². The second-order valence-corrected chi connectivity index (χ2v) is 14.0. The standard InChI is InChI=1S/C29H49N3O6S/c1-17(2)12-18-8-11-37-26-20(13-18)14-30-22(26)28(36)31-21-7-5-6-19(15-32-9-3-4-10-32)16-39-29-25(35)23(33)24(34)27(21)38-29/h5-6,17-27,29-30,33-35H,3-4,7-16H2,1-2H3,(H,31,36)/b6-5-/t18-,19-,20-,21+,22-,23-,24+,25+,26+,27+,29+/m0/s1. The van der Waals surface area contributed by atoms with Gasteiger partial charge in [-0.1, -0.05) is 26.0 Å². The normalized spacial score (nSPS) is 44.5. The smallest absolute Gasteiger partial charge is 0.240 e. The number of aliphatic hydroxyl groups excluding tert-OH is 3. The summed E-state index contributed by atoms with van der Waals surface area (Å²) in [5, 5.41) is 38.8. The number of carbonyl (C=O) groups excluding carboxylic acids is 1. The average Bonchev–Trinajstić information content (AvgIpc) is 3.51. The zero-order chi connectivity index (χ0) is 27.5. The molecular formula is C29H49N3O6S. The van der Waals surface area contributed by atoms with Gasteiger partial charge in [-0.05, 0) is 75.3 Å². The molecule has 5 rings (SSSR count). The van der Waals surface area contributed by atoms with Crippen LogP contribution >= 0.6 is 11.8 Å². The van der Waals surface area contributed by atoms with Crippen LogP contribution in [0.5, 0.6) is 0 Å². The Bertz CT molecular complexity index is 842. The maximum Gasteiger partial charge on any atom is 0.240 e. The molecule has 5 heterocycles. The molecule has 5 N–H and O–H groups in total. The highest BCUT2D eigenvalue weighted by molar-refractivity contribution is 7.99. The highest BCUT2D eigenvalue weighted by Gasteiger charge is 2.49. The Morgan fingerprint density at radius 1 is 1.15 bits per heavy atom. The van der Waals surface area contributed by atoms with Crippen molar-refractivity contribution in [1.29, 1.82) is 0 Å². The molecule has 0 aromatic carbocycles. The molecule has 2 bridgehead atoms. The Morgan fingerprint density at radius 2 is 1.95 bits per heavy atom. The number of hydrogen-bond donors (Lipinski definition) is 5. The van der Waals surface area contributed by atoms with Gasteiger partial charge in [0.25, 0.3) is 0 Å². The van der Waals surface area contributed by atoms with Gasteiger partial charge >= 0.3 is 0 Å². The molecule has 0 saturated carbocycles. The number of nitrogens with one attached hydrogen (secondary N) is 2. The average molecular weight is 568 g/mol. The van der Waals surface area contributed by atoms with E-state index in [2.05, 4.69) is 41.5 Å². The third-order valence-corrected chi connectivity index (χ3v) is 10.6. The van der Waals surface area contributed by atoms with Gasteiger partial charge in [0.05, 0.1) is 12.1 Å². The number of nitrogens with zero attached hydrogens (tertiary/aromatic N) is 1. The molecule has 11 atom stereocenters. The van der Waals surface area contributed by atoms with Crippen molar-refractivity contribution in [2.24, 2.45) is 23.7 Å². The van der Waals surface area contributed by atoms with Crippen LogP contribution in [0.1, 0.15) is 52.4 Å². The van der Waals surface area contributed by atoms with E-state index in [-0.39, 0.29) is 17.9 Å². The van der Waals surface area contributed by atoms with Gasteiger partial charge in [0.1, 0.15) is 35.9 Å². The molecule has 0 aromatic heterocycles. The first kappa shape index (κ1) is 29.8. The summed E-state index contributed by atoms with van der Waals surface area (Å²) in [4.78, 5) is 16.1. The van der Waals surface area contributed by atoms with Crippen LogP contribution < -0.4 is 10.6 Å². The number of ether oxygens (including phenoxy) is 2. The van der Waals surface area contributed by atoms with Crippen molar-refractivity contribution < 1.29 is 29.6 Å². The quantitative estimate of drug-likeness (QED) is 0.301. The summed E-state index contributed by atoms with van der Waals surface area (Å²) in [6, 6.07) is -1.00. The molecule has 4 fully saturated rings. The van der Waals surface area contributed by atoms with Crippen LogP contribution in [0, 0.1) is 23.7 Å². The minimum absolute atomic E-state index is 0.158. The third-order valence-electron chi connectivity index (χ3n) is 9.25. The molecule has 10 heteroatoms. The summed E-state index contributed by atoms with van der Waals surface area (Å²) < 4.78 is 12.5. The molecule has 0 spiro atoms. The fraction of sp³-hybridized carbons (Fsp3) is 0.897. The predicted molar refractivity (Wildman–Crippen MR) is 151 cm³/mol. The first-order valence-electron chi connectivity index (χ1n) is 15.2. The Labute approximate surface area is 237 Å². The summed E-state index contributed by atoms with van der Waals surface area (Å²) in [5.74, 6) is 2.44. The lowest BCUT2D eigenvalue weighted by atomic mass is 9.85. The number of amides is 1. The van der Waals surface area contributed by atoms with E-state index in [1.165, 1.54) is 31.0 Å². The van der Waals surface area contributed by atoms with Gasteiger partial charge in [-0.2, -0.15) is 0 Å². The monoisotopic (exact) mass is 567 g/mol. The Morgan fingerprint density at radius 3 is 2.72 bits per heavy atom. The van der Waals surface area contributed by atoms with Gasteiger partial charge in [-0.25, -0.2) is 0 Å². The number of carbonyl (C=O) groups is 1. The van der Waals surface area contributed by atoms with E-state index in [4.69, 9.17) is 9.47 Å². The molecule has 0 aliphatic carbocycles. The fourth-order valence-corrected chi connectivity index (χ4v) is 8.48. The molecule has 1 amide bonds. The first-order chi connectivity index (χ1) is 18.8. The highest BCUT2D eigenvalue weighted by atomic mass is 32.2. The first-order valence-corrected chi connectivity index (χ1v) is 16.2. The number of hydrogen-bond acceptors (Lipinski definition) is 9. The number of fused-ring (bicyclic) bond motifs is 3. The lowest BCUT2D eigenvalue weighted by Crippen LogP contribution is -2.64. The summed E-state index contributed by atoms with van der Waals surface area (Å²) in [6.07, 6.45) is 5.69. The lowest BCUT2D eigenvalue weighted by Gasteiger charge is -2.44. The van der Waals surface area contributed by atoms with Crippen molar-refractivity contribution in [1.82, 2.24) is 15.5 Å². The molecule has 0 radical (unpaired) electrons. The third kappa shape index (κ3) is 7.20. The van der Waals surface area contributed by atoms with Crippen LogP contribution in [0.25, 0.3) is 0 Å². The van der Waals surface area contributed by atoms with E-state index in [0.29, 0.717) is 30.8 Å². The van der Waals surface area contributed by atoms with Crippen molar-refractivity contribution in [3.05, 3.63) is 12.2 Å². The summed E-state index contributed by atoms with van der Waals surface area (Å²) >= 11 is 1.48. The van der Waals surface area contributed by atoms with Gasteiger partial charge in [0.2, 0.25) is 5.91 Å². The second-order valence-electron chi connectivity index (χ2n) is 12.8. The molecule has 5 aliphatic rings. The van der Waals surface area contributed by atoms with E-state index in [9.17, 15) is 20.1 Å². The van der Waals surface area contributed by atoms with Crippen LogP contribution in [0.2, 0.25) is 0 Å². The number of thioether (sulfide) groups is 1. The van der Waals surface area contributed by atoms with E-state index < -0.39 is 41.9 Å². The number of rotatable bonds is 6. The van der Waals surface area contributed by atoms with E-state index in [0.717, 1.165) is 44.8 Å². The molecule has 222 valence electrons. The number of likely N-dealkylation sites (tertiary alicyclic amines) is 1. The topological polar surface area (TPSA) is 124 Å². The van der Waals surface area contributed by atoms with Gasteiger partial charge in [-0.3, -0.25) is 4.79 Å². The van der Waals surface area contributed by atoms with Crippen molar-refractivity contribution in [3.8, 4) is 0 Å². The maximum absolute atomic E-state index is 13.7. The molecule has 0 aromatic rings. The Balaban J connectivity index is 1.28. The lowest BCUT2D eigenvalue weighted by molar-refractivity contribution is -0.205. The van der Waals surface area contributed by atoms with Crippen LogP contribution in [0.15, 0.2) is 12.2 Å². The Hall–Kier alpha value is -0.720. The molecular weight excluding hydrogens is 518 g/mol. The van der Waals surface area contributed by atoms with Crippen molar-refractivity contribution in [2.45, 2.75) is 100 Å². The summed E-state index contributed by atoms with van der Waals surface area (Å²) in [6.45, 7) is 9.11. The highest BCUT2D eigenvalue weighted by Crippen LogP contribution is 2.35. The van der Waals surface area contributed by atoms with Gasteiger partial charge in [0, 0.05) is 25.4 Å². The van der Waals surface area contributed by atoms with E-state index in [1.54, 1.807) is 0 Å². The molecule has 0 unspecified atom stereocenters. The fourth-order valence-electron chi connectivity index (χ4n) is 7.27. The van der Waals surface area contributed by atoms with Gasteiger partial charge in [0.15, 0.2) is 0 Å². The largest absolute Gasteiger partial charge is 0.388 e. The SMILES string of the molecule is CC(C)C[C@@H]1CCO[C@@H]2[C@H](CN[C@@H]2C(=O)N[C@@H]2C/C=C\[C@@H](CN3CCCC3)CS[C@H]3O[C@H]2[C@H](O)[C@H](O)[C@H]3O)C1. The molecule has 39 heavy (non-hydrogen) atoms. The van der Waals surface area contributed by atoms with E-state index >= 15 is 0 Å². The number of aliphatic hydroxyl groups is 3. The second kappa shape index (κ2) is 13.5. The summed E-state index contributed by atoms with van der Waals surface area (Å²) in [5.41, 5.74) is -0.669. The van der Waals surface area contributed by atoms with Crippen molar-refractivity contribution in [3.63, 3.8) is 0 Å². The van der Waals surface area contributed by atoms with Gasteiger partial charge in [-0.15, -0.1) is 11.8 Å². The van der Waals surface area contributed by atoms with E-state index in [1.807, 2.05) is 0 Å². The summed E-state index contributed by atoms with van der Waals surface area (Å²) in [7, 11) is 0. The minimum atomic E-state index is -1.34. The van der Waals surface area contributed by atoms with Crippen LogP contribution in [0.3, 0.4) is 0 Å².